The zero-order valence-electron chi connectivity index (χ0n) is 15.2. The van der Waals surface area contributed by atoms with Crippen LogP contribution in [0.4, 0.5) is 0 Å². The lowest BCUT2D eigenvalue weighted by molar-refractivity contribution is 0.0980. The fourth-order valence-electron chi connectivity index (χ4n) is 4.01. The van der Waals surface area contributed by atoms with E-state index in [2.05, 4.69) is 26.8 Å². The van der Waals surface area contributed by atoms with Crippen LogP contribution in [0, 0.1) is 0 Å². The van der Waals surface area contributed by atoms with Gasteiger partial charge in [0.2, 0.25) is 0 Å². The molecule has 6 nitrogen and oxygen atoms in total. The lowest BCUT2D eigenvalue weighted by Gasteiger charge is -2.31. The Balaban J connectivity index is 1.55. The van der Waals surface area contributed by atoms with Crippen molar-refractivity contribution in [2.45, 2.75) is 6.54 Å². The summed E-state index contributed by atoms with van der Waals surface area (Å²) in [5, 5.41) is 0. The Morgan fingerprint density at radius 2 is 1.63 bits per heavy atom. The third-order valence-electron chi connectivity index (χ3n) is 5.57. The van der Waals surface area contributed by atoms with Crippen LogP contribution in [0.15, 0.2) is 36.4 Å². The molecule has 0 saturated carbocycles. The van der Waals surface area contributed by atoms with Crippen LogP contribution < -0.4 is 0 Å². The zero-order valence-corrected chi connectivity index (χ0v) is 15.2. The topological polar surface area (TPSA) is 69.3 Å². The van der Waals surface area contributed by atoms with Gasteiger partial charge in [0.1, 0.15) is 5.82 Å². The van der Waals surface area contributed by atoms with Gasteiger partial charge in [0.15, 0.2) is 11.6 Å². The van der Waals surface area contributed by atoms with Gasteiger partial charge in [-0.3, -0.25) is 14.5 Å². The molecule has 0 atom stereocenters. The summed E-state index contributed by atoms with van der Waals surface area (Å²) in [4.78, 5) is 38.6. The molecule has 1 saturated heterocycles. The number of likely N-dealkylation sites (N-methyl/N-ethyl adjacent to an activating group) is 1. The smallest absolute Gasteiger partial charge is 0.196 e. The highest BCUT2D eigenvalue weighted by molar-refractivity contribution is 6.31. The SMILES string of the molecule is CN1CCN(Cc2nc3ccc4c(c3[nH]2)C(=O)c2ccccc2C4=O)CC1. The van der Waals surface area contributed by atoms with Gasteiger partial charge < -0.3 is 9.88 Å². The van der Waals surface area contributed by atoms with Crippen molar-refractivity contribution in [3.63, 3.8) is 0 Å². The summed E-state index contributed by atoms with van der Waals surface area (Å²) >= 11 is 0. The Kier molecular flexibility index (Phi) is 3.70. The van der Waals surface area contributed by atoms with E-state index in [9.17, 15) is 9.59 Å². The molecule has 1 fully saturated rings. The van der Waals surface area contributed by atoms with E-state index in [1.54, 1.807) is 30.3 Å². The number of aromatic nitrogens is 2. The molecule has 1 aromatic heterocycles. The number of carbonyl (C=O) groups is 2. The summed E-state index contributed by atoms with van der Waals surface area (Å²) < 4.78 is 0. The number of rotatable bonds is 2. The van der Waals surface area contributed by atoms with Gasteiger partial charge in [-0.25, -0.2) is 4.98 Å². The normalized spacial score (nSPS) is 18.0. The van der Waals surface area contributed by atoms with Crippen LogP contribution in [0.25, 0.3) is 11.0 Å². The Morgan fingerprint density at radius 1 is 0.926 bits per heavy atom. The molecule has 3 aromatic rings. The molecule has 0 radical (unpaired) electrons. The molecule has 0 amide bonds. The van der Waals surface area contributed by atoms with Crippen LogP contribution in [0.1, 0.15) is 37.7 Å². The number of ketones is 2. The van der Waals surface area contributed by atoms with Gasteiger partial charge in [0.25, 0.3) is 0 Å². The quantitative estimate of drug-likeness (QED) is 0.593. The summed E-state index contributed by atoms with van der Waals surface area (Å²) in [6.07, 6.45) is 0. The highest BCUT2D eigenvalue weighted by atomic mass is 16.1. The van der Waals surface area contributed by atoms with Crippen molar-refractivity contribution in [2.24, 2.45) is 0 Å². The van der Waals surface area contributed by atoms with Crippen molar-refractivity contribution >= 4 is 22.6 Å². The third kappa shape index (κ3) is 2.60. The number of aromatic amines is 1. The van der Waals surface area contributed by atoms with Gasteiger partial charge in [0, 0.05) is 42.9 Å². The molecule has 2 aliphatic rings. The minimum Gasteiger partial charge on any atom is -0.340 e. The Labute approximate surface area is 156 Å². The van der Waals surface area contributed by atoms with Crippen molar-refractivity contribution in [1.29, 1.82) is 0 Å². The molecule has 1 aliphatic heterocycles. The zero-order chi connectivity index (χ0) is 18.5. The van der Waals surface area contributed by atoms with Crippen molar-refractivity contribution in [1.82, 2.24) is 19.8 Å². The first-order chi connectivity index (χ1) is 13.1. The predicted octanol–water partition coefficient (Wildman–Crippen LogP) is 2.09. The van der Waals surface area contributed by atoms with Crippen molar-refractivity contribution < 1.29 is 9.59 Å². The Hall–Kier alpha value is -2.83. The molecular formula is C21H20N4O2. The molecule has 2 heterocycles. The molecule has 0 unspecified atom stereocenters. The minimum absolute atomic E-state index is 0.0997. The molecule has 2 aromatic carbocycles. The van der Waals surface area contributed by atoms with Gasteiger partial charge in [-0.1, -0.05) is 24.3 Å². The van der Waals surface area contributed by atoms with Crippen LogP contribution in [0.5, 0.6) is 0 Å². The summed E-state index contributed by atoms with van der Waals surface area (Å²) in [5.74, 6) is 0.625. The highest BCUT2D eigenvalue weighted by Crippen LogP contribution is 2.31. The maximum absolute atomic E-state index is 13.1. The van der Waals surface area contributed by atoms with E-state index in [0.717, 1.165) is 44.1 Å². The summed E-state index contributed by atoms with van der Waals surface area (Å²) in [5.41, 5.74) is 3.27. The second-order valence-electron chi connectivity index (χ2n) is 7.35. The summed E-state index contributed by atoms with van der Waals surface area (Å²) in [6.45, 7) is 4.79. The van der Waals surface area contributed by atoms with Crippen molar-refractivity contribution in [2.75, 3.05) is 33.2 Å². The number of fused-ring (bicyclic) bond motifs is 4. The van der Waals surface area contributed by atoms with E-state index >= 15 is 0 Å². The number of benzene rings is 2. The van der Waals surface area contributed by atoms with E-state index in [-0.39, 0.29) is 11.6 Å². The van der Waals surface area contributed by atoms with E-state index in [1.165, 1.54) is 0 Å². The molecule has 0 spiro atoms. The lowest BCUT2D eigenvalue weighted by atomic mass is 9.83. The first-order valence-electron chi connectivity index (χ1n) is 9.23. The third-order valence-corrected chi connectivity index (χ3v) is 5.57. The fourth-order valence-corrected chi connectivity index (χ4v) is 4.01. The molecule has 136 valence electrons. The Morgan fingerprint density at radius 3 is 2.37 bits per heavy atom. The largest absolute Gasteiger partial charge is 0.340 e. The van der Waals surface area contributed by atoms with Crippen molar-refractivity contribution in [3.05, 3.63) is 64.5 Å². The number of piperazine rings is 1. The second kappa shape index (κ2) is 6.11. The number of nitrogens with one attached hydrogen (secondary N) is 1. The van der Waals surface area contributed by atoms with Crippen LogP contribution >= 0.6 is 0 Å². The maximum atomic E-state index is 13.1. The second-order valence-corrected chi connectivity index (χ2v) is 7.35. The van der Waals surface area contributed by atoms with Gasteiger partial charge in [-0.15, -0.1) is 0 Å². The minimum atomic E-state index is -0.111. The average molecular weight is 360 g/mol. The molecule has 5 rings (SSSR count). The Bertz CT molecular complexity index is 1080. The number of imidazole rings is 1. The number of nitrogens with zero attached hydrogens (tertiary/aromatic N) is 3. The predicted molar refractivity (Wildman–Crippen MR) is 102 cm³/mol. The molecule has 1 aliphatic carbocycles. The standard InChI is InChI=1S/C21H20N4O2/c1-24-8-10-25(11-9-24)12-17-22-16-7-6-15-18(19(16)23-17)21(27)14-5-3-2-4-13(14)20(15)26/h2-7H,8-12H2,1H3,(H,22,23). The highest BCUT2D eigenvalue weighted by Gasteiger charge is 2.31. The number of hydrogen-bond acceptors (Lipinski definition) is 5. The monoisotopic (exact) mass is 360 g/mol. The first-order valence-corrected chi connectivity index (χ1v) is 9.23. The van der Waals surface area contributed by atoms with E-state index in [4.69, 9.17) is 0 Å². The number of carbonyl (C=O) groups excluding carboxylic acids is 2. The summed E-state index contributed by atoms with van der Waals surface area (Å²) in [7, 11) is 2.13. The maximum Gasteiger partial charge on any atom is 0.196 e. The number of H-pyrrole nitrogens is 1. The summed E-state index contributed by atoms with van der Waals surface area (Å²) in [6, 6.07) is 10.6. The van der Waals surface area contributed by atoms with E-state index in [0.29, 0.717) is 27.8 Å². The molecular weight excluding hydrogens is 340 g/mol. The van der Waals surface area contributed by atoms with Crippen molar-refractivity contribution in [3.8, 4) is 0 Å². The molecule has 0 bridgehead atoms. The lowest BCUT2D eigenvalue weighted by Crippen LogP contribution is -2.44. The fraction of sp³-hybridized carbons (Fsp3) is 0.286. The molecule has 27 heavy (non-hydrogen) atoms. The first kappa shape index (κ1) is 16.4. The van der Waals surface area contributed by atoms with Gasteiger partial charge in [-0.2, -0.15) is 0 Å². The van der Waals surface area contributed by atoms with Crippen LogP contribution in [-0.2, 0) is 6.54 Å². The van der Waals surface area contributed by atoms with Gasteiger partial charge >= 0.3 is 0 Å². The van der Waals surface area contributed by atoms with Crippen LogP contribution in [0.3, 0.4) is 0 Å². The average Bonchev–Trinajstić information content (AvgIpc) is 3.10. The van der Waals surface area contributed by atoms with Crippen LogP contribution in [-0.4, -0.2) is 64.6 Å². The van der Waals surface area contributed by atoms with Gasteiger partial charge in [-0.05, 0) is 19.2 Å². The van der Waals surface area contributed by atoms with Crippen LogP contribution in [0.2, 0.25) is 0 Å². The number of hydrogen-bond donors (Lipinski definition) is 1. The van der Waals surface area contributed by atoms with E-state index in [1.807, 2.05) is 6.07 Å². The molecule has 6 heteroatoms. The van der Waals surface area contributed by atoms with Gasteiger partial charge in [0.05, 0.1) is 23.1 Å². The molecule has 1 N–H and O–H groups in total. The van der Waals surface area contributed by atoms with E-state index < -0.39 is 0 Å².